The van der Waals surface area contributed by atoms with Gasteiger partial charge in [-0.25, -0.2) is 0 Å². The second-order valence-corrected chi connectivity index (χ2v) is 5.24. The van der Waals surface area contributed by atoms with Crippen LogP contribution in [0.3, 0.4) is 0 Å². The van der Waals surface area contributed by atoms with Crippen LogP contribution < -0.4 is 15.0 Å². The molecule has 3 atom stereocenters. The zero-order valence-corrected chi connectivity index (χ0v) is 11.1. The van der Waals surface area contributed by atoms with E-state index in [1.54, 1.807) is 0 Å². The molecule has 1 N–H and O–H groups in total. The van der Waals surface area contributed by atoms with Crippen LogP contribution in [0.1, 0.15) is 13.8 Å². The Labute approximate surface area is 108 Å². The molecule has 2 saturated heterocycles. The number of anilines is 1. The summed E-state index contributed by atoms with van der Waals surface area (Å²) in [6.45, 7) is 8.38. The quantitative estimate of drug-likeness (QED) is 0.879. The average molecular weight is 247 g/mol. The predicted octanol–water partition coefficient (Wildman–Crippen LogP) is 1.52. The molecule has 18 heavy (non-hydrogen) atoms. The Hall–Kier alpha value is -1.29. The van der Waals surface area contributed by atoms with Crippen molar-refractivity contribution in [1.29, 1.82) is 0 Å². The third-order valence-electron chi connectivity index (χ3n) is 4.23. The van der Waals surface area contributed by atoms with Gasteiger partial charge in [-0.1, -0.05) is 6.07 Å². The van der Waals surface area contributed by atoms with Crippen molar-refractivity contribution in [3.8, 4) is 5.88 Å². The average Bonchev–Trinajstić information content (AvgIpc) is 2.94. The van der Waals surface area contributed by atoms with Gasteiger partial charge in [0.1, 0.15) is 5.82 Å². The monoisotopic (exact) mass is 247 g/mol. The third kappa shape index (κ3) is 1.94. The number of fused-ring (bicyclic) bond motifs is 1. The van der Waals surface area contributed by atoms with Crippen molar-refractivity contribution in [2.24, 2.45) is 11.8 Å². The van der Waals surface area contributed by atoms with Gasteiger partial charge in [0.25, 0.3) is 0 Å². The van der Waals surface area contributed by atoms with E-state index >= 15 is 0 Å². The summed E-state index contributed by atoms with van der Waals surface area (Å²) < 4.78 is 5.49. The molecule has 0 bridgehead atoms. The number of rotatable bonds is 3. The first-order valence-corrected chi connectivity index (χ1v) is 6.87. The van der Waals surface area contributed by atoms with Crippen LogP contribution in [-0.4, -0.2) is 37.3 Å². The van der Waals surface area contributed by atoms with Gasteiger partial charge in [0.2, 0.25) is 5.88 Å². The minimum Gasteiger partial charge on any atom is -0.478 e. The highest BCUT2D eigenvalue weighted by Crippen LogP contribution is 2.35. The molecule has 2 aliphatic rings. The fraction of sp³-hybridized carbons (Fsp3) is 0.643. The fourth-order valence-electron chi connectivity index (χ4n) is 3.26. The summed E-state index contributed by atoms with van der Waals surface area (Å²) in [6.07, 6.45) is 0. The topological polar surface area (TPSA) is 37.4 Å². The van der Waals surface area contributed by atoms with Crippen LogP contribution in [0, 0.1) is 11.8 Å². The Balaban J connectivity index is 1.80. The van der Waals surface area contributed by atoms with Crippen LogP contribution in [0.5, 0.6) is 5.88 Å². The van der Waals surface area contributed by atoms with Gasteiger partial charge in [0.15, 0.2) is 0 Å². The number of ether oxygens (including phenoxy) is 1. The lowest BCUT2D eigenvalue weighted by Crippen LogP contribution is -2.33. The van der Waals surface area contributed by atoms with E-state index in [4.69, 9.17) is 4.74 Å². The van der Waals surface area contributed by atoms with Crippen LogP contribution in [0.15, 0.2) is 18.2 Å². The standard InChI is InChI=1S/C14H21N3O/c1-3-18-14-6-4-5-13(16-14)17-9-11-7-15-8-12(11)10(17)2/h4-6,10-12,15H,3,7-9H2,1-2H3. The lowest BCUT2D eigenvalue weighted by Gasteiger charge is -2.25. The number of nitrogens with one attached hydrogen (secondary N) is 1. The predicted molar refractivity (Wildman–Crippen MR) is 72.1 cm³/mol. The highest BCUT2D eigenvalue weighted by atomic mass is 16.5. The third-order valence-corrected chi connectivity index (χ3v) is 4.23. The molecule has 0 spiro atoms. The molecule has 0 saturated carbocycles. The van der Waals surface area contributed by atoms with E-state index in [2.05, 4.69) is 28.2 Å². The Morgan fingerprint density at radius 1 is 1.44 bits per heavy atom. The second-order valence-electron chi connectivity index (χ2n) is 5.24. The maximum Gasteiger partial charge on any atom is 0.215 e. The van der Waals surface area contributed by atoms with Gasteiger partial charge >= 0.3 is 0 Å². The number of hydrogen-bond acceptors (Lipinski definition) is 4. The zero-order chi connectivity index (χ0) is 12.5. The van der Waals surface area contributed by atoms with Crippen molar-refractivity contribution >= 4 is 5.82 Å². The Morgan fingerprint density at radius 2 is 2.33 bits per heavy atom. The van der Waals surface area contributed by atoms with E-state index in [9.17, 15) is 0 Å². The molecule has 0 aliphatic carbocycles. The van der Waals surface area contributed by atoms with E-state index in [-0.39, 0.29) is 0 Å². The van der Waals surface area contributed by atoms with Gasteiger partial charge in [-0.2, -0.15) is 4.98 Å². The smallest absolute Gasteiger partial charge is 0.215 e. The Bertz CT molecular complexity index is 423. The molecule has 98 valence electrons. The summed E-state index contributed by atoms with van der Waals surface area (Å²) in [5.41, 5.74) is 0. The number of nitrogens with zero attached hydrogens (tertiary/aromatic N) is 2. The number of aromatic nitrogens is 1. The molecule has 0 radical (unpaired) electrons. The molecule has 3 heterocycles. The highest BCUT2D eigenvalue weighted by molar-refractivity contribution is 5.44. The van der Waals surface area contributed by atoms with Gasteiger partial charge in [-0.05, 0) is 31.7 Å². The minimum atomic E-state index is 0.564. The second kappa shape index (κ2) is 4.76. The summed E-state index contributed by atoms with van der Waals surface area (Å²) in [6, 6.07) is 6.62. The van der Waals surface area contributed by atoms with Gasteiger partial charge in [-0.15, -0.1) is 0 Å². The zero-order valence-electron chi connectivity index (χ0n) is 11.1. The van der Waals surface area contributed by atoms with Crippen molar-refractivity contribution in [2.75, 3.05) is 31.1 Å². The summed E-state index contributed by atoms with van der Waals surface area (Å²) in [7, 11) is 0. The van der Waals surface area contributed by atoms with Crippen molar-refractivity contribution in [1.82, 2.24) is 10.3 Å². The molecule has 3 unspecified atom stereocenters. The van der Waals surface area contributed by atoms with Gasteiger partial charge in [0.05, 0.1) is 6.61 Å². The van der Waals surface area contributed by atoms with Crippen LogP contribution in [0.25, 0.3) is 0 Å². The Morgan fingerprint density at radius 3 is 3.11 bits per heavy atom. The number of pyridine rings is 1. The molecular formula is C14H21N3O. The van der Waals surface area contributed by atoms with E-state index in [0.29, 0.717) is 12.6 Å². The summed E-state index contributed by atoms with van der Waals surface area (Å²) in [5, 5.41) is 3.49. The van der Waals surface area contributed by atoms with E-state index < -0.39 is 0 Å². The summed E-state index contributed by atoms with van der Waals surface area (Å²) >= 11 is 0. The van der Waals surface area contributed by atoms with E-state index in [1.165, 1.54) is 0 Å². The maximum atomic E-state index is 5.49. The summed E-state index contributed by atoms with van der Waals surface area (Å²) in [4.78, 5) is 7.03. The molecule has 0 amide bonds. The molecule has 3 rings (SSSR count). The van der Waals surface area contributed by atoms with Crippen molar-refractivity contribution in [3.05, 3.63) is 18.2 Å². The van der Waals surface area contributed by atoms with Crippen LogP contribution in [0.4, 0.5) is 5.82 Å². The highest BCUT2D eigenvalue weighted by Gasteiger charge is 2.42. The van der Waals surface area contributed by atoms with Crippen molar-refractivity contribution in [2.45, 2.75) is 19.9 Å². The molecule has 1 aromatic rings. The number of hydrogen-bond donors (Lipinski definition) is 1. The fourth-order valence-corrected chi connectivity index (χ4v) is 3.26. The van der Waals surface area contributed by atoms with E-state index in [1.807, 2.05) is 19.1 Å². The molecule has 0 aromatic carbocycles. The first-order chi connectivity index (χ1) is 8.79. The molecule has 4 nitrogen and oxygen atoms in total. The normalized spacial score (nSPS) is 30.6. The van der Waals surface area contributed by atoms with Gasteiger partial charge in [-0.3, -0.25) is 0 Å². The molecular weight excluding hydrogens is 226 g/mol. The summed E-state index contributed by atoms with van der Waals surface area (Å²) in [5.74, 6) is 3.33. The van der Waals surface area contributed by atoms with E-state index in [0.717, 1.165) is 43.2 Å². The maximum absolute atomic E-state index is 5.49. The largest absolute Gasteiger partial charge is 0.478 e. The molecule has 2 aliphatic heterocycles. The first kappa shape index (κ1) is 11.8. The van der Waals surface area contributed by atoms with Gasteiger partial charge in [0, 0.05) is 31.7 Å². The van der Waals surface area contributed by atoms with Crippen LogP contribution in [0.2, 0.25) is 0 Å². The van der Waals surface area contributed by atoms with Crippen molar-refractivity contribution < 1.29 is 4.74 Å². The van der Waals surface area contributed by atoms with Crippen LogP contribution in [-0.2, 0) is 0 Å². The molecule has 1 aromatic heterocycles. The van der Waals surface area contributed by atoms with Crippen molar-refractivity contribution in [3.63, 3.8) is 0 Å². The molecule has 2 fully saturated rings. The van der Waals surface area contributed by atoms with Crippen LogP contribution >= 0.6 is 0 Å². The lowest BCUT2D eigenvalue weighted by atomic mass is 9.95. The minimum absolute atomic E-state index is 0.564. The van der Waals surface area contributed by atoms with Gasteiger partial charge < -0.3 is 15.0 Å². The lowest BCUT2D eigenvalue weighted by molar-refractivity contribution is 0.327. The SMILES string of the molecule is CCOc1cccc(N2CC3CNCC3C2C)n1. The Kier molecular flexibility index (Phi) is 3.12. The molecule has 4 heteroatoms. The first-order valence-electron chi connectivity index (χ1n) is 6.87.